The summed E-state index contributed by atoms with van der Waals surface area (Å²) in [6, 6.07) is 15.1. The molecular formula is C23H23N5O3. The molecule has 8 heteroatoms. The number of carbonyl (C=O) groups is 1. The van der Waals surface area contributed by atoms with E-state index >= 15 is 0 Å². The lowest BCUT2D eigenvalue weighted by atomic mass is 10.1. The Hall–Kier alpha value is -3.65. The fourth-order valence-corrected chi connectivity index (χ4v) is 3.57. The number of nitrogens with zero attached hydrogens (tertiary/aromatic N) is 4. The molecule has 0 aliphatic heterocycles. The van der Waals surface area contributed by atoms with Crippen LogP contribution in [0.1, 0.15) is 24.5 Å². The van der Waals surface area contributed by atoms with Crippen molar-refractivity contribution < 1.29 is 14.6 Å². The Morgan fingerprint density at radius 3 is 2.84 bits per heavy atom. The average Bonchev–Trinajstić information content (AvgIpc) is 3.47. The number of pyridine rings is 1. The minimum atomic E-state index is -0.732. The molecule has 0 spiro atoms. The highest BCUT2D eigenvalue weighted by Crippen LogP contribution is 2.32. The molecular weight excluding hydrogens is 394 g/mol. The van der Waals surface area contributed by atoms with Gasteiger partial charge in [0.1, 0.15) is 18.4 Å². The molecule has 3 aromatic heterocycles. The number of benzene rings is 1. The molecule has 8 nitrogen and oxygen atoms in total. The summed E-state index contributed by atoms with van der Waals surface area (Å²) in [5.74, 6) is 1.29. The Morgan fingerprint density at radius 1 is 1.26 bits per heavy atom. The smallest absolute Gasteiger partial charge is 0.228 e. The zero-order chi connectivity index (χ0) is 21.4. The number of aromatic nitrogens is 4. The van der Waals surface area contributed by atoms with Crippen LogP contribution < -0.4 is 10.1 Å². The van der Waals surface area contributed by atoms with Crippen LogP contribution in [0.3, 0.4) is 0 Å². The van der Waals surface area contributed by atoms with Crippen molar-refractivity contribution in [3.05, 3.63) is 66.5 Å². The Bertz CT molecular complexity index is 1230. The standard InChI is InChI=1S/C23H23N5O3/c1-27-22(20(13-24-27)31-14-19(29)15-5-3-2-4-6-15)17-9-10-28-18(11-17)12-21(26-28)25-23(30)16-7-8-16/h2-6,9-13,16,19,29H,7-8,14H2,1H3,(H,25,26,30)/t19-/m1/s1. The van der Waals surface area contributed by atoms with Gasteiger partial charge in [-0.15, -0.1) is 0 Å². The number of aliphatic hydroxyl groups is 1. The van der Waals surface area contributed by atoms with E-state index in [4.69, 9.17) is 4.74 Å². The predicted octanol–water partition coefficient (Wildman–Crippen LogP) is 3.20. The maximum atomic E-state index is 12.0. The highest BCUT2D eigenvalue weighted by atomic mass is 16.5. The predicted molar refractivity (Wildman–Crippen MR) is 116 cm³/mol. The Labute approximate surface area is 179 Å². The topological polar surface area (TPSA) is 93.7 Å². The highest BCUT2D eigenvalue weighted by molar-refractivity contribution is 5.93. The number of aliphatic hydroxyl groups excluding tert-OH is 1. The summed E-state index contributed by atoms with van der Waals surface area (Å²) < 4.78 is 9.38. The molecule has 31 heavy (non-hydrogen) atoms. The maximum absolute atomic E-state index is 12.0. The van der Waals surface area contributed by atoms with Crippen LogP contribution in [0.2, 0.25) is 0 Å². The molecule has 0 unspecified atom stereocenters. The van der Waals surface area contributed by atoms with Crippen molar-refractivity contribution in [3.8, 4) is 17.0 Å². The molecule has 4 aromatic rings. The van der Waals surface area contributed by atoms with Crippen molar-refractivity contribution >= 4 is 17.2 Å². The van der Waals surface area contributed by atoms with Crippen molar-refractivity contribution in [2.45, 2.75) is 18.9 Å². The third-order valence-electron chi connectivity index (χ3n) is 5.42. The zero-order valence-electron chi connectivity index (χ0n) is 17.1. The van der Waals surface area contributed by atoms with Crippen LogP contribution in [0.15, 0.2) is 60.9 Å². The minimum Gasteiger partial charge on any atom is -0.487 e. The second-order valence-electron chi connectivity index (χ2n) is 7.80. The molecule has 5 rings (SSSR count). The van der Waals surface area contributed by atoms with Gasteiger partial charge in [0.2, 0.25) is 5.91 Å². The van der Waals surface area contributed by atoms with Gasteiger partial charge < -0.3 is 15.2 Å². The number of aryl methyl sites for hydroxylation is 1. The van der Waals surface area contributed by atoms with Gasteiger partial charge in [0.05, 0.1) is 11.7 Å². The lowest BCUT2D eigenvalue weighted by Gasteiger charge is -2.13. The van der Waals surface area contributed by atoms with E-state index in [2.05, 4.69) is 15.5 Å². The Morgan fingerprint density at radius 2 is 2.06 bits per heavy atom. The van der Waals surface area contributed by atoms with Crippen LogP contribution in [0.4, 0.5) is 5.82 Å². The summed E-state index contributed by atoms with van der Waals surface area (Å²) in [5, 5.41) is 22.0. The van der Waals surface area contributed by atoms with Gasteiger partial charge >= 0.3 is 0 Å². The number of carbonyl (C=O) groups excluding carboxylic acids is 1. The molecule has 0 saturated heterocycles. The number of nitrogens with one attached hydrogen (secondary N) is 1. The van der Waals surface area contributed by atoms with Gasteiger partial charge in [0, 0.05) is 30.8 Å². The molecule has 1 aliphatic rings. The summed E-state index contributed by atoms with van der Waals surface area (Å²) in [5.41, 5.74) is 3.35. The second-order valence-corrected chi connectivity index (χ2v) is 7.80. The van der Waals surface area contributed by atoms with Gasteiger partial charge in [0.25, 0.3) is 0 Å². The van der Waals surface area contributed by atoms with Gasteiger partial charge in [-0.2, -0.15) is 10.2 Å². The summed E-state index contributed by atoms with van der Waals surface area (Å²) >= 11 is 0. The number of amides is 1. The van der Waals surface area contributed by atoms with Crippen LogP contribution in [-0.4, -0.2) is 37.0 Å². The van der Waals surface area contributed by atoms with E-state index in [0.29, 0.717) is 11.6 Å². The summed E-state index contributed by atoms with van der Waals surface area (Å²) in [6.07, 6.45) is 4.66. The molecule has 2 N–H and O–H groups in total. The summed E-state index contributed by atoms with van der Waals surface area (Å²) in [4.78, 5) is 12.0. The average molecular weight is 417 g/mol. The fraction of sp³-hybridized carbons (Fsp3) is 0.261. The van der Waals surface area contributed by atoms with Crippen molar-refractivity contribution in [3.63, 3.8) is 0 Å². The first-order valence-corrected chi connectivity index (χ1v) is 10.3. The van der Waals surface area contributed by atoms with Crippen molar-refractivity contribution in [1.29, 1.82) is 0 Å². The van der Waals surface area contributed by atoms with E-state index in [0.717, 1.165) is 35.2 Å². The third kappa shape index (κ3) is 4.02. The van der Waals surface area contributed by atoms with E-state index in [-0.39, 0.29) is 18.4 Å². The fourth-order valence-electron chi connectivity index (χ4n) is 3.57. The van der Waals surface area contributed by atoms with E-state index < -0.39 is 6.10 Å². The number of fused-ring (bicyclic) bond motifs is 1. The number of rotatable bonds is 7. The lowest BCUT2D eigenvalue weighted by Crippen LogP contribution is -2.13. The zero-order valence-corrected chi connectivity index (χ0v) is 17.1. The minimum absolute atomic E-state index is 0.0305. The normalized spacial score (nSPS) is 14.5. The highest BCUT2D eigenvalue weighted by Gasteiger charge is 2.30. The Kier molecular flexibility index (Phi) is 4.91. The van der Waals surface area contributed by atoms with Gasteiger partial charge in [-0.25, -0.2) is 4.52 Å². The second kappa shape index (κ2) is 7.88. The number of hydrogen-bond donors (Lipinski definition) is 2. The molecule has 1 fully saturated rings. The lowest BCUT2D eigenvalue weighted by molar-refractivity contribution is -0.117. The first kappa shape index (κ1) is 19.3. The van der Waals surface area contributed by atoms with E-state index in [9.17, 15) is 9.90 Å². The van der Waals surface area contributed by atoms with E-state index in [1.54, 1.807) is 15.4 Å². The third-order valence-corrected chi connectivity index (χ3v) is 5.42. The van der Waals surface area contributed by atoms with Gasteiger partial charge in [-0.3, -0.25) is 9.48 Å². The quantitative estimate of drug-likeness (QED) is 0.482. The first-order valence-electron chi connectivity index (χ1n) is 10.3. The first-order chi connectivity index (χ1) is 15.1. The van der Waals surface area contributed by atoms with E-state index in [1.807, 2.05) is 61.8 Å². The SMILES string of the molecule is Cn1ncc(OC[C@@H](O)c2ccccc2)c1-c1ccn2nc(NC(=O)C3CC3)cc2c1. The molecule has 0 bridgehead atoms. The van der Waals surface area contributed by atoms with Crippen LogP contribution in [-0.2, 0) is 11.8 Å². The van der Waals surface area contributed by atoms with Crippen LogP contribution in [0, 0.1) is 5.92 Å². The summed E-state index contributed by atoms with van der Waals surface area (Å²) in [7, 11) is 1.84. The van der Waals surface area contributed by atoms with Gasteiger partial charge in [-0.05, 0) is 30.5 Å². The largest absolute Gasteiger partial charge is 0.487 e. The molecule has 1 aliphatic carbocycles. The molecule has 1 atom stereocenters. The number of anilines is 1. The number of hydrogen-bond acceptors (Lipinski definition) is 5. The van der Waals surface area contributed by atoms with Gasteiger partial charge in [0.15, 0.2) is 11.6 Å². The maximum Gasteiger partial charge on any atom is 0.228 e. The molecule has 158 valence electrons. The monoisotopic (exact) mass is 417 g/mol. The number of ether oxygens (including phenoxy) is 1. The van der Waals surface area contributed by atoms with Crippen LogP contribution >= 0.6 is 0 Å². The molecule has 3 heterocycles. The van der Waals surface area contributed by atoms with Crippen LogP contribution in [0.5, 0.6) is 5.75 Å². The summed E-state index contributed by atoms with van der Waals surface area (Å²) in [6.45, 7) is 0.120. The molecule has 1 saturated carbocycles. The van der Waals surface area contributed by atoms with Gasteiger partial charge in [-0.1, -0.05) is 30.3 Å². The van der Waals surface area contributed by atoms with E-state index in [1.165, 1.54) is 0 Å². The Balaban J connectivity index is 1.37. The van der Waals surface area contributed by atoms with Crippen molar-refractivity contribution in [2.75, 3.05) is 11.9 Å². The molecule has 0 radical (unpaired) electrons. The van der Waals surface area contributed by atoms with Crippen molar-refractivity contribution in [1.82, 2.24) is 19.4 Å². The molecule has 1 aromatic carbocycles. The van der Waals surface area contributed by atoms with Crippen LogP contribution in [0.25, 0.3) is 16.8 Å². The molecule has 1 amide bonds. The van der Waals surface area contributed by atoms with Crippen molar-refractivity contribution in [2.24, 2.45) is 13.0 Å².